The molecule has 8 nitrogen and oxygen atoms in total. The van der Waals surface area contributed by atoms with Crippen LogP contribution in [0.25, 0.3) is 11.1 Å². The standard InChI is InChI=1S/C19H22N4O4/c1-22-14-11-13(6-7-17(14)27-19(22)25)21-18(24)20-12-15(16-5-4-10-26-16)23-8-2-3-9-23/h4-7,10-11,15H,2-3,8-9,12H2,1H3,(H2,20,21,24)/t15-/m1/s1. The van der Waals surface area contributed by atoms with Crippen molar-refractivity contribution in [2.24, 2.45) is 7.05 Å². The number of rotatable bonds is 5. The van der Waals surface area contributed by atoms with Crippen molar-refractivity contribution in [1.82, 2.24) is 14.8 Å². The number of amides is 2. The lowest BCUT2D eigenvalue weighted by molar-refractivity contribution is 0.207. The number of furan rings is 1. The van der Waals surface area contributed by atoms with Crippen molar-refractivity contribution >= 4 is 22.8 Å². The maximum Gasteiger partial charge on any atom is 0.419 e. The van der Waals surface area contributed by atoms with Gasteiger partial charge >= 0.3 is 11.8 Å². The van der Waals surface area contributed by atoms with Gasteiger partial charge in [-0.2, -0.15) is 0 Å². The lowest BCUT2D eigenvalue weighted by Crippen LogP contribution is -2.38. The summed E-state index contributed by atoms with van der Waals surface area (Å²) in [6.07, 6.45) is 3.97. The Hall–Kier alpha value is -3.00. The Kier molecular flexibility index (Phi) is 4.72. The number of carbonyl (C=O) groups is 1. The average molecular weight is 370 g/mol. The normalized spacial score (nSPS) is 15.9. The number of nitrogens with zero attached hydrogens (tertiary/aromatic N) is 2. The first-order valence-electron chi connectivity index (χ1n) is 9.04. The van der Waals surface area contributed by atoms with E-state index in [9.17, 15) is 9.59 Å². The second-order valence-corrected chi connectivity index (χ2v) is 6.72. The highest BCUT2D eigenvalue weighted by atomic mass is 16.4. The molecule has 0 aliphatic carbocycles. The van der Waals surface area contributed by atoms with Crippen LogP contribution in [0.3, 0.4) is 0 Å². The second-order valence-electron chi connectivity index (χ2n) is 6.72. The molecule has 142 valence electrons. The molecule has 0 spiro atoms. The molecule has 0 unspecified atom stereocenters. The number of nitrogens with one attached hydrogen (secondary N) is 2. The van der Waals surface area contributed by atoms with Crippen LogP contribution in [0.15, 0.2) is 50.2 Å². The van der Waals surface area contributed by atoms with Gasteiger partial charge in [-0.3, -0.25) is 9.47 Å². The summed E-state index contributed by atoms with van der Waals surface area (Å²) < 4.78 is 12.1. The number of likely N-dealkylation sites (tertiary alicyclic amines) is 1. The molecule has 1 saturated heterocycles. The number of urea groups is 1. The first kappa shape index (κ1) is 17.4. The molecule has 1 aliphatic heterocycles. The first-order chi connectivity index (χ1) is 13.1. The van der Waals surface area contributed by atoms with Gasteiger partial charge in [-0.25, -0.2) is 9.59 Å². The minimum absolute atomic E-state index is 0.0189. The van der Waals surface area contributed by atoms with Crippen LogP contribution in [0.4, 0.5) is 10.5 Å². The Balaban J connectivity index is 1.42. The van der Waals surface area contributed by atoms with E-state index >= 15 is 0 Å². The number of fused-ring (bicyclic) bond motifs is 1. The predicted molar refractivity (Wildman–Crippen MR) is 101 cm³/mol. The van der Waals surface area contributed by atoms with Crippen molar-refractivity contribution in [2.75, 3.05) is 25.0 Å². The van der Waals surface area contributed by atoms with Crippen molar-refractivity contribution in [3.05, 3.63) is 52.9 Å². The van der Waals surface area contributed by atoms with E-state index in [-0.39, 0.29) is 12.1 Å². The summed E-state index contributed by atoms with van der Waals surface area (Å²) >= 11 is 0. The van der Waals surface area contributed by atoms with E-state index in [0.717, 1.165) is 31.7 Å². The van der Waals surface area contributed by atoms with Gasteiger partial charge in [0.15, 0.2) is 5.58 Å². The van der Waals surface area contributed by atoms with Crippen LogP contribution in [0, 0.1) is 0 Å². The van der Waals surface area contributed by atoms with Gasteiger partial charge in [0.1, 0.15) is 5.76 Å². The quantitative estimate of drug-likeness (QED) is 0.720. The number of aromatic nitrogens is 1. The molecule has 3 aromatic rings. The van der Waals surface area contributed by atoms with Gasteiger partial charge < -0.3 is 19.5 Å². The summed E-state index contributed by atoms with van der Waals surface area (Å²) in [4.78, 5) is 26.3. The molecular formula is C19H22N4O4. The number of carbonyl (C=O) groups excluding carboxylic acids is 1. The Morgan fingerprint density at radius 2 is 2.07 bits per heavy atom. The molecular weight excluding hydrogens is 348 g/mol. The zero-order chi connectivity index (χ0) is 18.8. The maximum absolute atomic E-state index is 12.4. The first-order valence-corrected chi connectivity index (χ1v) is 9.04. The van der Waals surface area contributed by atoms with Crippen LogP contribution < -0.4 is 16.4 Å². The third-order valence-corrected chi connectivity index (χ3v) is 4.96. The van der Waals surface area contributed by atoms with Gasteiger partial charge in [0, 0.05) is 19.3 Å². The summed E-state index contributed by atoms with van der Waals surface area (Å²) in [6.45, 7) is 2.45. The highest BCUT2D eigenvalue weighted by Gasteiger charge is 2.25. The van der Waals surface area contributed by atoms with Crippen LogP contribution in [0.1, 0.15) is 24.6 Å². The third kappa shape index (κ3) is 3.61. The molecule has 1 aromatic carbocycles. The van der Waals surface area contributed by atoms with Crippen molar-refractivity contribution in [1.29, 1.82) is 0 Å². The van der Waals surface area contributed by atoms with Gasteiger partial charge in [0.25, 0.3) is 0 Å². The van der Waals surface area contributed by atoms with Crippen molar-refractivity contribution in [3.8, 4) is 0 Å². The van der Waals surface area contributed by atoms with E-state index in [0.29, 0.717) is 23.3 Å². The molecule has 3 heterocycles. The SMILES string of the molecule is Cn1c(=O)oc2ccc(NC(=O)NC[C@H](c3ccco3)N3CCCC3)cc21. The van der Waals surface area contributed by atoms with E-state index in [1.807, 2.05) is 12.1 Å². The molecule has 0 saturated carbocycles. The molecule has 1 fully saturated rings. The lowest BCUT2D eigenvalue weighted by Gasteiger charge is -2.26. The molecule has 0 radical (unpaired) electrons. The van der Waals surface area contributed by atoms with E-state index in [2.05, 4.69) is 15.5 Å². The number of benzene rings is 1. The Labute approximate surface area is 155 Å². The van der Waals surface area contributed by atoms with Crippen molar-refractivity contribution in [2.45, 2.75) is 18.9 Å². The van der Waals surface area contributed by atoms with E-state index in [1.165, 1.54) is 4.57 Å². The van der Waals surface area contributed by atoms with Crippen molar-refractivity contribution in [3.63, 3.8) is 0 Å². The molecule has 2 N–H and O–H groups in total. The van der Waals surface area contributed by atoms with Gasteiger partial charge in [-0.05, 0) is 56.3 Å². The molecule has 2 amide bonds. The summed E-state index contributed by atoms with van der Waals surface area (Å²) in [5.41, 5.74) is 1.70. The summed E-state index contributed by atoms with van der Waals surface area (Å²) in [5, 5.41) is 5.73. The maximum atomic E-state index is 12.4. The fraction of sp³-hybridized carbons (Fsp3) is 0.368. The number of oxazole rings is 1. The number of aryl methyl sites for hydroxylation is 1. The zero-order valence-electron chi connectivity index (χ0n) is 15.1. The summed E-state index contributed by atoms with van der Waals surface area (Å²) in [7, 11) is 1.63. The van der Waals surface area contributed by atoms with E-state index < -0.39 is 5.76 Å². The van der Waals surface area contributed by atoms with Gasteiger partial charge in [0.2, 0.25) is 0 Å². The van der Waals surface area contributed by atoms with Crippen LogP contribution in [-0.2, 0) is 7.05 Å². The summed E-state index contributed by atoms with van der Waals surface area (Å²) in [5.74, 6) is 0.422. The van der Waals surface area contributed by atoms with E-state index in [1.54, 1.807) is 31.5 Å². The Morgan fingerprint density at radius 3 is 2.81 bits per heavy atom. The lowest BCUT2D eigenvalue weighted by atomic mass is 10.2. The smallest absolute Gasteiger partial charge is 0.419 e. The largest absolute Gasteiger partial charge is 0.468 e. The Morgan fingerprint density at radius 1 is 1.26 bits per heavy atom. The average Bonchev–Trinajstić information content (AvgIpc) is 3.40. The molecule has 27 heavy (non-hydrogen) atoms. The monoisotopic (exact) mass is 370 g/mol. The number of hydrogen-bond acceptors (Lipinski definition) is 5. The Bertz CT molecular complexity index is 983. The van der Waals surface area contributed by atoms with Crippen LogP contribution in [0.5, 0.6) is 0 Å². The number of anilines is 1. The minimum Gasteiger partial charge on any atom is -0.468 e. The van der Waals surface area contributed by atoms with E-state index in [4.69, 9.17) is 8.83 Å². The second kappa shape index (κ2) is 7.32. The molecule has 1 atom stereocenters. The minimum atomic E-state index is -0.432. The van der Waals surface area contributed by atoms with Crippen LogP contribution >= 0.6 is 0 Å². The molecule has 2 aromatic heterocycles. The molecule has 1 aliphatic rings. The highest BCUT2D eigenvalue weighted by Crippen LogP contribution is 2.25. The molecule has 4 rings (SSSR count). The molecule has 8 heteroatoms. The van der Waals surface area contributed by atoms with Crippen molar-refractivity contribution < 1.29 is 13.6 Å². The molecule has 0 bridgehead atoms. The topological polar surface area (TPSA) is 92.7 Å². The third-order valence-electron chi connectivity index (χ3n) is 4.96. The predicted octanol–water partition coefficient (Wildman–Crippen LogP) is 2.68. The fourth-order valence-electron chi connectivity index (χ4n) is 3.51. The fourth-order valence-corrected chi connectivity index (χ4v) is 3.51. The zero-order valence-corrected chi connectivity index (χ0v) is 15.1. The van der Waals surface area contributed by atoms with Gasteiger partial charge in [-0.1, -0.05) is 0 Å². The van der Waals surface area contributed by atoms with Crippen LogP contribution in [0.2, 0.25) is 0 Å². The summed E-state index contributed by atoms with van der Waals surface area (Å²) in [6, 6.07) is 8.60. The number of hydrogen-bond donors (Lipinski definition) is 2. The van der Waals surface area contributed by atoms with Crippen LogP contribution in [-0.4, -0.2) is 35.1 Å². The highest BCUT2D eigenvalue weighted by molar-refractivity contribution is 5.91. The van der Waals surface area contributed by atoms with Gasteiger partial charge in [0.05, 0.1) is 17.8 Å². The van der Waals surface area contributed by atoms with Gasteiger partial charge in [-0.15, -0.1) is 0 Å².